The number of anilines is 1. The summed E-state index contributed by atoms with van der Waals surface area (Å²) in [6, 6.07) is 16.8. The Morgan fingerprint density at radius 2 is 1.78 bits per heavy atom. The molecule has 3 aromatic rings. The molecule has 3 aromatic carbocycles. The van der Waals surface area contributed by atoms with Gasteiger partial charge < -0.3 is 15.5 Å². The van der Waals surface area contributed by atoms with Crippen LogP contribution >= 0.6 is 0 Å². The molecule has 0 radical (unpaired) electrons. The van der Waals surface area contributed by atoms with E-state index in [9.17, 15) is 15.0 Å². The first-order valence-electron chi connectivity index (χ1n) is 9.20. The fourth-order valence-corrected chi connectivity index (χ4v) is 4.34. The van der Waals surface area contributed by atoms with Gasteiger partial charge in [-0.25, -0.2) is 0 Å². The van der Waals surface area contributed by atoms with Gasteiger partial charge in [0.1, 0.15) is 0 Å². The normalized spacial score (nSPS) is 18.8. The second-order valence-corrected chi connectivity index (χ2v) is 7.20. The molecule has 1 aliphatic heterocycles. The Kier molecular flexibility index (Phi) is 3.47. The third-order valence-corrected chi connectivity index (χ3v) is 5.62. The molecule has 2 aliphatic rings. The molecular formula is C23H19NO3. The fourth-order valence-electron chi connectivity index (χ4n) is 4.34. The number of ketones is 1. The smallest absolute Gasteiger partial charge is 0.161 e. The second-order valence-electron chi connectivity index (χ2n) is 7.20. The molecule has 0 bridgehead atoms. The van der Waals surface area contributed by atoms with Gasteiger partial charge in [0.15, 0.2) is 17.3 Å². The van der Waals surface area contributed by atoms with Crippen LogP contribution in [-0.2, 0) is 4.79 Å². The van der Waals surface area contributed by atoms with Crippen molar-refractivity contribution >= 4 is 27.8 Å². The van der Waals surface area contributed by atoms with Gasteiger partial charge in [0, 0.05) is 22.9 Å². The first kappa shape index (κ1) is 15.9. The molecule has 4 nitrogen and oxygen atoms in total. The largest absolute Gasteiger partial charge is 0.504 e. The average molecular weight is 357 g/mol. The molecule has 3 N–H and O–H groups in total. The molecule has 0 amide bonds. The summed E-state index contributed by atoms with van der Waals surface area (Å²) in [6.07, 6.45) is 2.27. The highest BCUT2D eigenvalue weighted by atomic mass is 16.3. The van der Waals surface area contributed by atoms with Crippen molar-refractivity contribution in [2.24, 2.45) is 0 Å². The summed E-state index contributed by atoms with van der Waals surface area (Å²) in [6.45, 7) is 0. The van der Waals surface area contributed by atoms with Crippen LogP contribution in [0.4, 0.5) is 5.69 Å². The minimum atomic E-state index is -0.336. The third kappa shape index (κ3) is 2.40. The maximum atomic E-state index is 12.8. The van der Waals surface area contributed by atoms with Gasteiger partial charge in [0.25, 0.3) is 0 Å². The van der Waals surface area contributed by atoms with E-state index in [2.05, 4.69) is 29.6 Å². The monoisotopic (exact) mass is 357 g/mol. The maximum absolute atomic E-state index is 12.8. The van der Waals surface area contributed by atoms with E-state index in [1.165, 1.54) is 12.1 Å². The number of carbonyl (C=O) groups excluding carboxylic acids is 1. The van der Waals surface area contributed by atoms with Crippen LogP contribution in [0.15, 0.2) is 60.2 Å². The number of allylic oxidation sites excluding steroid dienone is 1. The third-order valence-electron chi connectivity index (χ3n) is 5.62. The number of Topliss-reactive ketones (excluding diaryl/α,β-unsaturated/α-hetero) is 1. The Bertz CT molecular complexity index is 1130. The topological polar surface area (TPSA) is 69.6 Å². The van der Waals surface area contributed by atoms with Crippen LogP contribution in [0.25, 0.3) is 16.3 Å². The van der Waals surface area contributed by atoms with Crippen LogP contribution in [0.2, 0.25) is 0 Å². The molecule has 0 spiro atoms. The molecule has 1 heterocycles. The summed E-state index contributed by atoms with van der Waals surface area (Å²) in [5, 5.41) is 25.5. The van der Waals surface area contributed by atoms with Gasteiger partial charge in [-0.05, 0) is 41.5 Å². The van der Waals surface area contributed by atoms with Crippen molar-refractivity contribution in [2.45, 2.75) is 25.3 Å². The van der Waals surface area contributed by atoms with Gasteiger partial charge in [-0.1, -0.05) is 42.5 Å². The van der Waals surface area contributed by atoms with Crippen LogP contribution in [0.1, 0.15) is 36.4 Å². The Balaban J connectivity index is 1.77. The van der Waals surface area contributed by atoms with Crippen molar-refractivity contribution in [3.8, 4) is 11.5 Å². The summed E-state index contributed by atoms with van der Waals surface area (Å²) in [4.78, 5) is 12.8. The standard InChI is InChI=1S/C23H19NO3/c25-18-11-9-14(12-20(18)27)22-21-16(6-3-7-19(21)26)17-10-8-13-4-1-2-5-15(13)23(17)24-22/h1-2,4-5,8-12,22,24-25,27H,3,6-7H2/t22-/m1/s1. The molecule has 0 aromatic heterocycles. The molecule has 27 heavy (non-hydrogen) atoms. The van der Waals surface area contributed by atoms with Crippen LogP contribution in [0.5, 0.6) is 11.5 Å². The fraction of sp³-hybridized carbons (Fsp3) is 0.174. The van der Waals surface area contributed by atoms with Crippen molar-refractivity contribution in [1.82, 2.24) is 0 Å². The zero-order valence-corrected chi connectivity index (χ0v) is 14.7. The first-order chi connectivity index (χ1) is 13.1. The number of nitrogens with one attached hydrogen (secondary N) is 1. The second kappa shape index (κ2) is 5.88. The van der Waals surface area contributed by atoms with E-state index in [0.29, 0.717) is 6.42 Å². The molecule has 0 saturated carbocycles. The lowest BCUT2D eigenvalue weighted by atomic mass is 9.77. The lowest BCUT2D eigenvalue weighted by Crippen LogP contribution is -2.27. The highest BCUT2D eigenvalue weighted by molar-refractivity contribution is 6.11. The molecule has 134 valence electrons. The summed E-state index contributed by atoms with van der Waals surface area (Å²) in [5.74, 6) is -0.187. The lowest BCUT2D eigenvalue weighted by molar-refractivity contribution is -0.116. The summed E-state index contributed by atoms with van der Waals surface area (Å²) >= 11 is 0. The first-order valence-corrected chi connectivity index (χ1v) is 9.20. The number of hydrogen-bond acceptors (Lipinski definition) is 4. The Morgan fingerprint density at radius 1 is 0.926 bits per heavy atom. The maximum Gasteiger partial charge on any atom is 0.161 e. The highest BCUT2D eigenvalue weighted by Gasteiger charge is 2.34. The van der Waals surface area contributed by atoms with Gasteiger partial charge in [0.05, 0.1) is 11.7 Å². The van der Waals surface area contributed by atoms with Gasteiger partial charge in [0.2, 0.25) is 0 Å². The molecule has 5 rings (SSSR count). The molecular weight excluding hydrogens is 338 g/mol. The van der Waals surface area contributed by atoms with Crippen LogP contribution in [0.3, 0.4) is 0 Å². The van der Waals surface area contributed by atoms with E-state index >= 15 is 0 Å². The van der Waals surface area contributed by atoms with Gasteiger partial charge >= 0.3 is 0 Å². The quantitative estimate of drug-likeness (QED) is 0.541. The molecule has 0 fully saturated rings. The van der Waals surface area contributed by atoms with E-state index < -0.39 is 0 Å². The Morgan fingerprint density at radius 3 is 2.63 bits per heavy atom. The zero-order chi connectivity index (χ0) is 18.5. The van der Waals surface area contributed by atoms with E-state index in [4.69, 9.17) is 0 Å². The minimum absolute atomic E-state index is 0.153. The van der Waals surface area contributed by atoms with Crippen LogP contribution < -0.4 is 5.32 Å². The minimum Gasteiger partial charge on any atom is -0.504 e. The van der Waals surface area contributed by atoms with Crippen molar-refractivity contribution in [3.05, 3.63) is 71.3 Å². The number of phenolic OH excluding ortho intramolecular Hbond substituents is 2. The van der Waals surface area contributed by atoms with Gasteiger partial charge in [-0.2, -0.15) is 0 Å². The predicted octanol–water partition coefficient (Wildman–Crippen LogP) is 4.92. The lowest BCUT2D eigenvalue weighted by Gasteiger charge is -2.35. The number of carbonyl (C=O) groups is 1. The van der Waals surface area contributed by atoms with Crippen LogP contribution in [0, 0.1) is 0 Å². The van der Waals surface area contributed by atoms with Crippen molar-refractivity contribution in [2.75, 3.05) is 5.32 Å². The van der Waals surface area contributed by atoms with E-state index in [1.54, 1.807) is 6.07 Å². The zero-order valence-electron chi connectivity index (χ0n) is 14.7. The number of hydrogen-bond donors (Lipinski definition) is 3. The number of benzene rings is 3. The van der Waals surface area contributed by atoms with Gasteiger partial charge in [-0.3, -0.25) is 4.79 Å². The average Bonchev–Trinajstić information content (AvgIpc) is 2.69. The van der Waals surface area contributed by atoms with Crippen molar-refractivity contribution in [1.29, 1.82) is 0 Å². The van der Waals surface area contributed by atoms with Crippen molar-refractivity contribution in [3.63, 3.8) is 0 Å². The molecule has 4 heteroatoms. The van der Waals surface area contributed by atoms with Crippen LogP contribution in [-0.4, -0.2) is 16.0 Å². The molecule has 0 unspecified atom stereocenters. The summed E-state index contributed by atoms with van der Waals surface area (Å²) in [5.41, 5.74) is 4.78. The van der Waals surface area contributed by atoms with E-state index in [0.717, 1.165) is 51.6 Å². The van der Waals surface area contributed by atoms with E-state index in [1.807, 2.05) is 12.1 Å². The Hall–Kier alpha value is -3.27. The summed E-state index contributed by atoms with van der Waals surface area (Å²) < 4.78 is 0. The predicted molar refractivity (Wildman–Crippen MR) is 106 cm³/mol. The Labute approximate surface area is 156 Å². The molecule has 1 atom stereocenters. The molecule has 0 saturated heterocycles. The van der Waals surface area contributed by atoms with Gasteiger partial charge in [-0.15, -0.1) is 0 Å². The number of aromatic hydroxyl groups is 2. The highest BCUT2D eigenvalue weighted by Crippen LogP contribution is 2.48. The molecule has 1 aliphatic carbocycles. The van der Waals surface area contributed by atoms with Crippen molar-refractivity contribution < 1.29 is 15.0 Å². The van der Waals surface area contributed by atoms with E-state index in [-0.39, 0.29) is 23.3 Å². The SMILES string of the molecule is O=C1CCCC2=C1[C@@H](c1ccc(O)c(O)c1)Nc1c2ccc2ccccc12. The number of fused-ring (bicyclic) bond motifs is 4. The number of rotatable bonds is 1. The number of phenols is 2. The summed E-state index contributed by atoms with van der Waals surface area (Å²) in [7, 11) is 0.